The van der Waals surface area contributed by atoms with E-state index in [1.807, 2.05) is 6.07 Å². The van der Waals surface area contributed by atoms with E-state index in [1.165, 1.54) is 10.9 Å². The van der Waals surface area contributed by atoms with Gasteiger partial charge in [-0.3, -0.25) is 9.48 Å². The van der Waals surface area contributed by atoms with Gasteiger partial charge in [-0.15, -0.1) is 0 Å². The number of amides is 1. The Bertz CT molecular complexity index is 664. The first-order valence-electron chi connectivity index (χ1n) is 6.05. The molecular weight excluding hydrogens is 254 g/mol. The van der Waals surface area contributed by atoms with Crippen LogP contribution in [0.1, 0.15) is 21.6 Å². The lowest BCUT2D eigenvalue weighted by molar-refractivity contribution is 0.0775. The number of rotatable bonds is 3. The highest BCUT2D eigenvalue weighted by Gasteiger charge is 2.19. The Morgan fingerprint density at radius 2 is 2.30 bits per heavy atom. The standard InChI is InChI=1S/C14H15N5O/c1-18(9-11-5-3-4-10(6-11)7-15)14(20)13-12(16)8-17-19(13)2/h3-6,8H,9,16H2,1-2H3. The van der Waals surface area contributed by atoms with Crippen molar-refractivity contribution >= 4 is 11.6 Å². The molecule has 2 rings (SSSR count). The van der Waals surface area contributed by atoms with E-state index in [4.69, 9.17) is 11.0 Å². The molecular formula is C14H15N5O. The lowest BCUT2D eigenvalue weighted by Crippen LogP contribution is -2.28. The minimum absolute atomic E-state index is 0.204. The summed E-state index contributed by atoms with van der Waals surface area (Å²) < 4.78 is 1.46. The predicted octanol–water partition coefficient (Wildman–Crippen LogP) is 1.15. The van der Waals surface area contributed by atoms with Gasteiger partial charge in [-0.25, -0.2) is 0 Å². The summed E-state index contributed by atoms with van der Waals surface area (Å²) >= 11 is 0. The largest absolute Gasteiger partial charge is 0.396 e. The van der Waals surface area contributed by atoms with Crippen LogP contribution in [0, 0.1) is 11.3 Å². The van der Waals surface area contributed by atoms with Crippen molar-refractivity contribution in [3.8, 4) is 6.07 Å². The van der Waals surface area contributed by atoms with Crippen molar-refractivity contribution in [2.24, 2.45) is 7.05 Å². The van der Waals surface area contributed by atoms with E-state index in [0.29, 0.717) is 23.5 Å². The van der Waals surface area contributed by atoms with Crippen LogP contribution in [0.15, 0.2) is 30.5 Å². The smallest absolute Gasteiger partial charge is 0.274 e. The summed E-state index contributed by atoms with van der Waals surface area (Å²) in [6.07, 6.45) is 1.46. The molecule has 1 amide bonds. The third-order valence-electron chi connectivity index (χ3n) is 2.99. The number of hydrogen-bond donors (Lipinski definition) is 1. The van der Waals surface area contributed by atoms with E-state index in [2.05, 4.69) is 11.2 Å². The molecule has 6 heteroatoms. The molecule has 0 unspecified atom stereocenters. The van der Waals surface area contributed by atoms with Crippen LogP contribution in [-0.4, -0.2) is 27.6 Å². The first-order chi connectivity index (χ1) is 9.52. The van der Waals surface area contributed by atoms with Crippen molar-refractivity contribution in [3.63, 3.8) is 0 Å². The first kappa shape index (κ1) is 13.6. The summed E-state index contributed by atoms with van der Waals surface area (Å²) in [5.41, 5.74) is 7.93. The van der Waals surface area contributed by atoms with Crippen LogP contribution in [0.3, 0.4) is 0 Å². The van der Waals surface area contributed by atoms with Crippen LogP contribution in [0.5, 0.6) is 0 Å². The zero-order valence-corrected chi connectivity index (χ0v) is 11.4. The predicted molar refractivity (Wildman–Crippen MR) is 74.6 cm³/mol. The first-order valence-corrected chi connectivity index (χ1v) is 6.05. The summed E-state index contributed by atoms with van der Waals surface area (Å²) in [6, 6.07) is 9.23. The highest BCUT2D eigenvalue weighted by molar-refractivity contribution is 5.97. The Balaban J connectivity index is 2.18. The van der Waals surface area contributed by atoms with Crippen molar-refractivity contribution in [1.82, 2.24) is 14.7 Å². The normalized spacial score (nSPS) is 10.1. The summed E-state index contributed by atoms with van der Waals surface area (Å²) in [4.78, 5) is 13.9. The zero-order chi connectivity index (χ0) is 14.7. The van der Waals surface area contributed by atoms with E-state index in [0.717, 1.165) is 5.56 Å². The van der Waals surface area contributed by atoms with Gasteiger partial charge in [-0.1, -0.05) is 12.1 Å². The van der Waals surface area contributed by atoms with E-state index in [-0.39, 0.29) is 5.91 Å². The lowest BCUT2D eigenvalue weighted by Gasteiger charge is -2.17. The quantitative estimate of drug-likeness (QED) is 0.905. The Morgan fingerprint density at radius 1 is 1.55 bits per heavy atom. The average molecular weight is 269 g/mol. The molecule has 1 aromatic carbocycles. The van der Waals surface area contributed by atoms with Gasteiger partial charge < -0.3 is 10.6 Å². The Hall–Kier alpha value is -2.81. The van der Waals surface area contributed by atoms with Crippen molar-refractivity contribution < 1.29 is 4.79 Å². The van der Waals surface area contributed by atoms with Crippen LogP contribution in [0.2, 0.25) is 0 Å². The third-order valence-corrected chi connectivity index (χ3v) is 2.99. The minimum atomic E-state index is -0.204. The molecule has 0 aliphatic rings. The van der Waals surface area contributed by atoms with Gasteiger partial charge in [0.2, 0.25) is 0 Å². The molecule has 20 heavy (non-hydrogen) atoms. The summed E-state index contributed by atoms with van der Waals surface area (Å²) in [5, 5.41) is 12.8. The van der Waals surface area contributed by atoms with Crippen molar-refractivity contribution in [1.29, 1.82) is 5.26 Å². The number of hydrogen-bond acceptors (Lipinski definition) is 4. The molecule has 0 saturated carbocycles. The van der Waals surface area contributed by atoms with Crippen molar-refractivity contribution in [3.05, 3.63) is 47.3 Å². The molecule has 1 heterocycles. The molecule has 102 valence electrons. The number of benzene rings is 1. The number of carbonyl (C=O) groups is 1. The molecule has 6 nitrogen and oxygen atoms in total. The SMILES string of the molecule is CN(Cc1cccc(C#N)c1)C(=O)c1c(N)cnn1C. The van der Waals surface area contributed by atoms with Gasteiger partial charge >= 0.3 is 0 Å². The highest BCUT2D eigenvalue weighted by Crippen LogP contribution is 2.14. The monoisotopic (exact) mass is 269 g/mol. The maximum absolute atomic E-state index is 12.3. The number of nitrogen functional groups attached to an aromatic ring is 1. The molecule has 0 aliphatic carbocycles. The van der Waals surface area contributed by atoms with Gasteiger partial charge in [0, 0.05) is 20.6 Å². The minimum Gasteiger partial charge on any atom is -0.396 e. The number of nitrogens with two attached hydrogens (primary N) is 1. The molecule has 0 aliphatic heterocycles. The van der Waals surface area contributed by atoms with E-state index in [9.17, 15) is 4.79 Å². The second-order valence-corrected chi connectivity index (χ2v) is 4.55. The highest BCUT2D eigenvalue weighted by atomic mass is 16.2. The lowest BCUT2D eigenvalue weighted by atomic mass is 10.1. The van der Waals surface area contributed by atoms with Gasteiger partial charge in [0.25, 0.3) is 5.91 Å². The molecule has 2 aromatic rings. The molecule has 0 saturated heterocycles. The van der Waals surface area contributed by atoms with Gasteiger partial charge in [-0.05, 0) is 17.7 Å². The van der Waals surface area contributed by atoms with Gasteiger partial charge in [-0.2, -0.15) is 10.4 Å². The maximum atomic E-state index is 12.3. The maximum Gasteiger partial charge on any atom is 0.274 e. The second kappa shape index (κ2) is 5.45. The zero-order valence-electron chi connectivity index (χ0n) is 11.4. The Morgan fingerprint density at radius 3 is 2.90 bits per heavy atom. The Kier molecular flexibility index (Phi) is 3.71. The van der Waals surface area contributed by atoms with Crippen LogP contribution < -0.4 is 5.73 Å². The molecule has 2 N–H and O–H groups in total. The average Bonchev–Trinajstić information content (AvgIpc) is 2.77. The Labute approximate surface area is 117 Å². The van der Waals surface area contributed by atoms with Gasteiger partial charge in [0.15, 0.2) is 0 Å². The fourth-order valence-corrected chi connectivity index (χ4v) is 1.98. The molecule has 1 aromatic heterocycles. The van der Waals surface area contributed by atoms with Crippen molar-refractivity contribution in [2.45, 2.75) is 6.54 Å². The fraction of sp³-hybridized carbons (Fsp3) is 0.214. The summed E-state index contributed by atoms with van der Waals surface area (Å²) in [6.45, 7) is 0.402. The van der Waals surface area contributed by atoms with Crippen LogP contribution in [0.25, 0.3) is 0 Å². The number of anilines is 1. The van der Waals surface area contributed by atoms with E-state index in [1.54, 1.807) is 37.2 Å². The number of nitriles is 1. The van der Waals surface area contributed by atoms with Crippen molar-refractivity contribution in [2.75, 3.05) is 12.8 Å². The molecule has 0 bridgehead atoms. The number of aromatic nitrogens is 2. The third kappa shape index (κ3) is 2.62. The van der Waals surface area contributed by atoms with Crippen LogP contribution >= 0.6 is 0 Å². The van der Waals surface area contributed by atoms with Gasteiger partial charge in [0.05, 0.1) is 23.5 Å². The molecule has 0 radical (unpaired) electrons. The van der Waals surface area contributed by atoms with Crippen LogP contribution in [0.4, 0.5) is 5.69 Å². The summed E-state index contributed by atoms with van der Waals surface area (Å²) in [7, 11) is 3.36. The molecule has 0 fully saturated rings. The van der Waals surface area contributed by atoms with E-state index < -0.39 is 0 Å². The number of aryl methyl sites for hydroxylation is 1. The second-order valence-electron chi connectivity index (χ2n) is 4.55. The topological polar surface area (TPSA) is 87.9 Å². The molecule has 0 atom stereocenters. The number of carbonyl (C=O) groups excluding carboxylic acids is 1. The number of nitrogens with zero attached hydrogens (tertiary/aromatic N) is 4. The fourth-order valence-electron chi connectivity index (χ4n) is 1.98. The molecule has 0 spiro atoms. The van der Waals surface area contributed by atoms with E-state index >= 15 is 0 Å². The van der Waals surface area contributed by atoms with Gasteiger partial charge in [0.1, 0.15) is 5.69 Å². The van der Waals surface area contributed by atoms with Crippen LogP contribution in [-0.2, 0) is 13.6 Å². The summed E-state index contributed by atoms with van der Waals surface area (Å²) in [5.74, 6) is -0.204.